The summed E-state index contributed by atoms with van der Waals surface area (Å²) in [5.41, 5.74) is 9.95. The van der Waals surface area contributed by atoms with E-state index in [1.54, 1.807) is 0 Å². The summed E-state index contributed by atoms with van der Waals surface area (Å²) in [5, 5.41) is 6.49. The fourth-order valence-corrected chi connectivity index (χ4v) is 3.08. The monoisotopic (exact) mass is 302 g/mol. The first kappa shape index (κ1) is 14.0. The van der Waals surface area contributed by atoms with Crippen LogP contribution in [0.2, 0.25) is 5.02 Å². The Morgan fingerprint density at radius 3 is 2.76 bits per heavy atom. The highest BCUT2D eigenvalue weighted by atomic mass is 35.5. The van der Waals surface area contributed by atoms with Crippen molar-refractivity contribution in [2.75, 3.05) is 5.73 Å². The van der Waals surface area contributed by atoms with Crippen molar-refractivity contribution < 1.29 is 0 Å². The Hall–Kier alpha value is -1.94. The Kier molecular flexibility index (Phi) is 3.64. The molecular weight excluding hydrogens is 284 g/mol. The van der Waals surface area contributed by atoms with E-state index in [0.29, 0.717) is 6.54 Å². The molecule has 0 aliphatic heterocycles. The summed E-state index contributed by atoms with van der Waals surface area (Å²) >= 11 is 6.49. The summed E-state index contributed by atoms with van der Waals surface area (Å²) in [4.78, 5) is 0. The van der Waals surface area contributed by atoms with E-state index in [9.17, 15) is 0 Å². The quantitative estimate of drug-likeness (QED) is 0.747. The van der Waals surface area contributed by atoms with E-state index in [0.717, 1.165) is 46.0 Å². The summed E-state index contributed by atoms with van der Waals surface area (Å²) in [6, 6.07) is 8.04. The smallest absolute Gasteiger partial charge is 0.0868 e. The Labute approximate surface area is 129 Å². The van der Waals surface area contributed by atoms with Crippen LogP contribution in [0.25, 0.3) is 10.9 Å². The fourth-order valence-electron chi connectivity index (χ4n) is 2.75. The highest BCUT2D eigenvalue weighted by Gasteiger charge is 2.15. The number of hydrogen-bond acceptors (Lipinski definition) is 2. The molecule has 0 radical (unpaired) electrons. The molecule has 0 aliphatic rings. The van der Waals surface area contributed by atoms with Crippen LogP contribution < -0.4 is 5.73 Å². The largest absolute Gasteiger partial charge is 0.397 e. The van der Waals surface area contributed by atoms with Gasteiger partial charge < -0.3 is 10.3 Å². The molecule has 3 rings (SSSR count). The van der Waals surface area contributed by atoms with Gasteiger partial charge in [-0.25, -0.2) is 0 Å². The number of fused-ring (bicyclic) bond motifs is 1. The van der Waals surface area contributed by atoms with E-state index < -0.39 is 0 Å². The van der Waals surface area contributed by atoms with Crippen LogP contribution in [0.3, 0.4) is 0 Å². The second kappa shape index (κ2) is 5.45. The van der Waals surface area contributed by atoms with Gasteiger partial charge in [-0.15, -0.1) is 0 Å². The summed E-state index contributed by atoms with van der Waals surface area (Å²) < 4.78 is 4.12. The third-order valence-electron chi connectivity index (χ3n) is 3.83. The molecule has 3 aromatic rings. The highest BCUT2D eigenvalue weighted by Crippen LogP contribution is 2.27. The van der Waals surface area contributed by atoms with Crippen LogP contribution in [-0.4, -0.2) is 14.3 Å². The number of halogens is 1. The van der Waals surface area contributed by atoms with E-state index in [1.807, 2.05) is 16.8 Å². The lowest BCUT2D eigenvalue weighted by atomic mass is 10.2. The molecule has 0 saturated carbocycles. The number of nitrogens with zero attached hydrogens (tertiary/aromatic N) is 3. The van der Waals surface area contributed by atoms with Gasteiger partial charge in [-0.05, 0) is 25.5 Å². The number of para-hydroxylation sites is 1. The van der Waals surface area contributed by atoms with Crippen LogP contribution in [0.1, 0.15) is 25.2 Å². The zero-order valence-electron chi connectivity index (χ0n) is 12.3. The van der Waals surface area contributed by atoms with E-state index in [1.165, 1.54) is 0 Å². The normalized spacial score (nSPS) is 11.4. The molecule has 5 heteroatoms. The third kappa shape index (κ3) is 2.29. The molecule has 110 valence electrons. The number of anilines is 1. The first-order chi connectivity index (χ1) is 10.2. The van der Waals surface area contributed by atoms with Crippen molar-refractivity contribution in [1.29, 1.82) is 0 Å². The van der Waals surface area contributed by atoms with E-state index in [2.05, 4.69) is 41.8 Å². The lowest BCUT2D eigenvalue weighted by Crippen LogP contribution is -2.08. The molecule has 0 bridgehead atoms. The minimum Gasteiger partial charge on any atom is -0.397 e. The zero-order chi connectivity index (χ0) is 15.0. The lowest BCUT2D eigenvalue weighted by Gasteiger charge is -2.09. The maximum absolute atomic E-state index is 6.49. The van der Waals surface area contributed by atoms with Crippen molar-refractivity contribution >= 4 is 28.2 Å². The second-order valence-electron chi connectivity index (χ2n) is 5.11. The van der Waals surface area contributed by atoms with Crippen molar-refractivity contribution in [3.63, 3.8) is 0 Å². The Balaban J connectivity index is 2.09. The predicted molar refractivity (Wildman–Crippen MR) is 87.7 cm³/mol. The summed E-state index contributed by atoms with van der Waals surface area (Å²) in [7, 11) is 0. The SMILES string of the molecule is CCc1nn(CC)c(Cn2ccc3cccc(N)c32)c1Cl. The predicted octanol–water partition coefficient (Wildman–Crippen LogP) is 3.70. The average molecular weight is 303 g/mol. The van der Waals surface area contributed by atoms with Crippen molar-refractivity contribution in [1.82, 2.24) is 14.3 Å². The Bertz CT molecular complexity index is 785. The molecule has 0 fully saturated rings. The second-order valence-corrected chi connectivity index (χ2v) is 5.48. The van der Waals surface area contributed by atoms with Gasteiger partial charge in [0, 0.05) is 18.1 Å². The number of aryl methyl sites for hydroxylation is 2. The molecule has 0 saturated heterocycles. The molecule has 0 amide bonds. The first-order valence-corrected chi connectivity index (χ1v) is 7.60. The molecule has 0 atom stereocenters. The van der Waals surface area contributed by atoms with Gasteiger partial charge in [-0.2, -0.15) is 5.10 Å². The van der Waals surface area contributed by atoms with Crippen molar-refractivity contribution in [2.45, 2.75) is 33.4 Å². The van der Waals surface area contributed by atoms with Crippen LogP contribution in [0.5, 0.6) is 0 Å². The minimum atomic E-state index is 0.678. The van der Waals surface area contributed by atoms with Crippen molar-refractivity contribution in [3.8, 4) is 0 Å². The standard InChI is InChI=1S/C16H19ClN4/c1-3-13-15(17)14(21(4-2)19-13)10-20-9-8-11-6-5-7-12(18)16(11)20/h5-9H,3-4,10,18H2,1-2H3. The molecule has 2 aromatic heterocycles. The lowest BCUT2D eigenvalue weighted by molar-refractivity contribution is 0.599. The number of nitrogens with two attached hydrogens (primary N) is 1. The molecule has 0 spiro atoms. The van der Waals surface area contributed by atoms with Gasteiger partial charge >= 0.3 is 0 Å². The third-order valence-corrected chi connectivity index (χ3v) is 4.27. The molecule has 21 heavy (non-hydrogen) atoms. The van der Waals surface area contributed by atoms with Crippen LogP contribution >= 0.6 is 11.6 Å². The maximum Gasteiger partial charge on any atom is 0.0868 e. The van der Waals surface area contributed by atoms with Gasteiger partial charge in [0.15, 0.2) is 0 Å². The topological polar surface area (TPSA) is 48.8 Å². The van der Waals surface area contributed by atoms with Crippen LogP contribution in [0.15, 0.2) is 30.5 Å². The molecule has 2 N–H and O–H groups in total. The Morgan fingerprint density at radius 2 is 2.05 bits per heavy atom. The van der Waals surface area contributed by atoms with Gasteiger partial charge in [0.25, 0.3) is 0 Å². The molecule has 4 nitrogen and oxygen atoms in total. The highest BCUT2D eigenvalue weighted by molar-refractivity contribution is 6.31. The van der Waals surface area contributed by atoms with Gasteiger partial charge in [-0.1, -0.05) is 30.7 Å². The number of nitrogen functional groups attached to an aromatic ring is 1. The average Bonchev–Trinajstić information content (AvgIpc) is 3.03. The molecule has 0 aliphatic carbocycles. The molecule has 2 heterocycles. The van der Waals surface area contributed by atoms with E-state index >= 15 is 0 Å². The fraction of sp³-hybridized carbons (Fsp3) is 0.312. The van der Waals surface area contributed by atoms with Gasteiger partial charge in [0.1, 0.15) is 0 Å². The van der Waals surface area contributed by atoms with Crippen LogP contribution in [0.4, 0.5) is 5.69 Å². The van der Waals surface area contributed by atoms with Gasteiger partial charge in [0.05, 0.1) is 34.2 Å². The zero-order valence-corrected chi connectivity index (χ0v) is 13.1. The van der Waals surface area contributed by atoms with Crippen molar-refractivity contribution in [3.05, 3.63) is 46.9 Å². The Morgan fingerprint density at radius 1 is 1.24 bits per heavy atom. The maximum atomic E-state index is 6.49. The number of hydrogen-bond donors (Lipinski definition) is 1. The minimum absolute atomic E-state index is 0.678. The van der Waals surface area contributed by atoms with Crippen LogP contribution in [-0.2, 0) is 19.5 Å². The molecule has 1 aromatic carbocycles. The number of rotatable bonds is 4. The summed E-state index contributed by atoms with van der Waals surface area (Å²) in [6.45, 7) is 5.64. The van der Waals surface area contributed by atoms with Gasteiger partial charge in [-0.3, -0.25) is 4.68 Å². The number of benzene rings is 1. The molecule has 0 unspecified atom stereocenters. The van der Waals surface area contributed by atoms with E-state index in [-0.39, 0.29) is 0 Å². The summed E-state index contributed by atoms with van der Waals surface area (Å²) in [6.07, 6.45) is 2.89. The van der Waals surface area contributed by atoms with E-state index in [4.69, 9.17) is 17.3 Å². The van der Waals surface area contributed by atoms with Crippen LogP contribution in [0, 0.1) is 0 Å². The first-order valence-electron chi connectivity index (χ1n) is 7.23. The van der Waals surface area contributed by atoms with Gasteiger partial charge in [0.2, 0.25) is 0 Å². The summed E-state index contributed by atoms with van der Waals surface area (Å²) in [5.74, 6) is 0. The molecular formula is C16H19ClN4. The van der Waals surface area contributed by atoms with Crippen molar-refractivity contribution in [2.24, 2.45) is 0 Å². The number of aromatic nitrogens is 3.